The summed E-state index contributed by atoms with van der Waals surface area (Å²) in [6.07, 6.45) is -4.52. The van der Waals surface area contributed by atoms with E-state index in [0.717, 1.165) is 12.1 Å². The maximum absolute atomic E-state index is 13.9. The maximum atomic E-state index is 13.9. The van der Waals surface area contributed by atoms with Crippen LogP contribution in [0.2, 0.25) is 5.02 Å². The molecule has 1 aromatic heterocycles. The van der Waals surface area contributed by atoms with Gasteiger partial charge in [-0.2, -0.15) is 13.2 Å². The number of hydrogen-bond acceptors (Lipinski definition) is 4. The van der Waals surface area contributed by atoms with Crippen molar-refractivity contribution in [2.24, 2.45) is 0 Å². The number of halogens is 5. The molecule has 130 valence electrons. The standard InChI is InChI=1S/C15H14ClF4N3O/c16-9-1-2-11(17)10(7-9)13-8-12(22-24-13)14(15(18,19)20)23-5-3-21-4-6-23/h1-2,7-8,14,21H,3-6H2. The quantitative estimate of drug-likeness (QED) is 0.845. The molecular weight excluding hydrogens is 350 g/mol. The van der Waals surface area contributed by atoms with Gasteiger partial charge in [0.15, 0.2) is 11.8 Å². The topological polar surface area (TPSA) is 41.3 Å². The molecule has 1 saturated heterocycles. The lowest BCUT2D eigenvalue weighted by molar-refractivity contribution is -0.189. The molecule has 2 aromatic rings. The fourth-order valence-corrected chi connectivity index (χ4v) is 2.91. The molecule has 24 heavy (non-hydrogen) atoms. The summed E-state index contributed by atoms with van der Waals surface area (Å²) in [5, 5.41) is 6.79. The van der Waals surface area contributed by atoms with E-state index in [9.17, 15) is 17.6 Å². The predicted octanol–water partition coefficient (Wildman–Crippen LogP) is 3.64. The van der Waals surface area contributed by atoms with Crippen molar-refractivity contribution in [2.75, 3.05) is 26.2 Å². The first-order valence-electron chi connectivity index (χ1n) is 7.30. The summed E-state index contributed by atoms with van der Waals surface area (Å²) < 4.78 is 59.3. The van der Waals surface area contributed by atoms with Gasteiger partial charge in [0, 0.05) is 37.3 Å². The fourth-order valence-electron chi connectivity index (χ4n) is 2.73. The lowest BCUT2D eigenvalue weighted by Crippen LogP contribution is -2.49. The Kier molecular flexibility index (Phi) is 4.80. The van der Waals surface area contributed by atoms with Gasteiger partial charge in [0.1, 0.15) is 11.5 Å². The van der Waals surface area contributed by atoms with Crippen LogP contribution in [0.5, 0.6) is 0 Å². The SMILES string of the molecule is Fc1ccc(Cl)cc1-c1cc(C(N2CCNCC2)C(F)(F)F)no1. The van der Waals surface area contributed by atoms with Gasteiger partial charge in [-0.1, -0.05) is 16.8 Å². The Bertz CT molecular complexity index is 713. The minimum absolute atomic E-state index is 0.0255. The van der Waals surface area contributed by atoms with Crippen molar-refractivity contribution >= 4 is 11.6 Å². The molecular formula is C15H14ClF4N3O. The van der Waals surface area contributed by atoms with E-state index in [-0.39, 0.29) is 35.1 Å². The van der Waals surface area contributed by atoms with Crippen molar-refractivity contribution in [1.82, 2.24) is 15.4 Å². The average Bonchev–Trinajstić information content (AvgIpc) is 2.98. The molecule has 1 aromatic carbocycles. The van der Waals surface area contributed by atoms with Crippen molar-refractivity contribution in [2.45, 2.75) is 12.2 Å². The number of piperazine rings is 1. The molecule has 1 atom stereocenters. The molecule has 1 N–H and O–H groups in total. The highest BCUT2D eigenvalue weighted by molar-refractivity contribution is 6.30. The Morgan fingerprint density at radius 2 is 1.92 bits per heavy atom. The number of alkyl halides is 3. The van der Waals surface area contributed by atoms with E-state index in [2.05, 4.69) is 10.5 Å². The Morgan fingerprint density at radius 3 is 2.58 bits per heavy atom. The molecule has 1 fully saturated rings. The minimum Gasteiger partial charge on any atom is -0.356 e. The van der Waals surface area contributed by atoms with Gasteiger partial charge in [0.2, 0.25) is 0 Å². The van der Waals surface area contributed by atoms with Crippen LogP contribution in [0.1, 0.15) is 11.7 Å². The Morgan fingerprint density at radius 1 is 1.21 bits per heavy atom. The van der Waals surface area contributed by atoms with Gasteiger partial charge in [-0.15, -0.1) is 0 Å². The second-order valence-corrected chi connectivity index (χ2v) is 5.91. The van der Waals surface area contributed by atoms with Crippen LogP contribution in [0.4, 0.5) is 17.6 Å². The molecule has 0 amide bonds. The van der Waals surface area contributed by atoms with E-state index in [4.69, 9.17) is 16.1 Å². The van der Waals surface area contributed by atoms with Gasteiger partial charge in [0.05, 0.1) is 5.56 Å². The normalized spacial score (nSPS) is 17.9. The zero-order chi connectivity index (χ0) is 17.3. The summed E-state index contributed by atoms with van der Waals surface area (Å²) in [4.78, 5) is 1.28. The summed E-state index contributed by atoms with van der Waals surface area (Å²) in [5.41, 5.74) is -0.318. The number of nitrogens with zero attached hydrogens (tertiary/aromatic N) is 2. The van der Waals surface area contributed by atoms with Crippen LogP contribution in [-0.2, 0) is 0 Å². The molecule has 0 saturated carbocycles. The molecule has 3 rings (SSSR count). The van der Waals surface area contributed by atoms with E-state index in [0.29, 0.717) is 13.1 Å². The fraction of sp³-hybridized carbons (Fsp3) is 0.400. The average molecular weight is 364 g/mol. The molecule has 0 aliphatic carbocycles. The zero-order valence-corrected chi connectivity index (χ0v) is 13.2. The third-order valence-electron chi connectivity index (χ3n) is 3.83. The molecule has 0 radical (unpaired) electrons. The van der Waals surface area contributed by atoms with Crippen LogP contribution in [0.3, 0.4) is 0 Å². The van der Waals surface area contributed by atoms with Gasteiger partial charge in [-0.05, 0) is 18.2 Å². The number of aromatic nitrogens is 1. The second kappa shape index (κ2) is 6.70. The Hall–Kier alpha value is -1.64. The largest absolute Gasteiger partial charge is 0.409 e. The van der Waals surface area contributed by atoms with Crippen molar-refractivity contribution in [3.8, 4) is 11.3 Å². The molecule has 1 aliphatic rings. The first-order valence-corrected chi connectivity index (χ1v) is 7.67. The third kappa shape index (κ3) is 3.55. The summed E-state index contributed by atoms with van der Waals surface area (Å²) in [6.45, 7) is 1.39. The van der Waals surface area contributed by atoms with E-state index < -0.39 is 18.0 Å². The second-order valence-electron chi connectivity index (χ2n) is 5.47. The molecule has 2 heterocycles. The first-order chi connectivity index (χ1) is 11.4. The highest BCUT2D eigenvalue weighted by Gasteiger charge is 2.46. The van der Waals surface area contributed by atoms with Gasteiger partial charge in [0.25, 0.3) is 0 Å². The van der Waals surface area contributed by atoms with Gasteiger partial charge in [-0.3, -0.25) is 4.90 Å². The van der Waals surface area contributed by atoms with Crippen LogP contribution >= 0.6 is 11.6 Å². The highest BCUT2D eigenvalue weighted by atomic mass is 35.5. The number of nitrogens with one attached hydrogen (secondary N) is 1. The molecule has 4 nitrogen and oxygen atoms in total. The summed E-state index contributed by atoms with van der Waals surface area (Å²) in [7, 11) is 0. The predicted molar refractivity (Wildman–Crippen MR) is 80.1 cm³/mol. The molecule has 9 heteroatoms. The van der Waals surface area contributed by atoms with E-state index in [1.807, 2.05) is 0 Å². The molecule has 0 spiro atoms. The zero-order valence-electron chi connectivity index (χ0n) is 12.4. The Labute approximate surface area is 140 Å². The highest BCUT2D eigenvalue weighted by Crippen LogP contribution is 2.39. The molecule has 1 aliphatic heterocycles. The number of rotatable bonds is 3. The van der Waals surface area contributed by atoms with Gasteiger partial charge < -0.3 is 9.84 Å². The van der Waals surface area contributed by atoms with Crippen LogP contribution in [0.25, 0.3) is 11.3 Å². The summed E-state index contributed by atoms with van der Waals surface area (Å²) >= 11 is 5.81. The van der Waals surface area contributed by atoms with Crippen LogP contribution in [0, 0.1) is 5.82 Å². The van der Waals surface area contributed by atoms with Crippen molar-refractivity contribution < 1.29 is 22.1 Å². The minimum atomic E-state index is -4.52. The van der Waals surface area contributed by atoms with E-state index in [1.165, 1.54) is 17.0 Å². The summed E-state index contributed by atoms with van der Waals surface area (Å²) in [5.74, 6) is -0.734. The maximum Gasteiger partial charge on any atom is 0.409 e. The monoisotopic (exact) mass is 363 g/mol. The first kappa shape index (κ1) is 17.2. The van der Waals surface area contributed by atoms with E-state index in [1.54, 1.807) is 0 Å². The van der Waals surface area contributed by atoms with E-state index >= 15 is 0 Å². The number of hydrogen-bond donors (Lipinski definition) is 1. The van der Waals surface area contributed by atoms with Gasteiger partial charge >= 0.3 is 6.18 Å². The smallest absolute Gasteiger partial charge is 0.356 e. The van der Waals surface area contributed by atoms with Crippen LogP contribution in [-0.4, -0.2) is 42.4 Å². The van der Waals surface area contributed by atoms with Crippen molar-refractivity contribution in [3.05, 3.63) is 40.8 Å². The Balaban J connectivity index is 1.95. The van der Waals surface area contributed by atoms with Crippen molar-refractivity contribution in [3.63, 3.8) is 0 Å². The van der Waals surface area contributed by atoms with Crippen molar-refractivity contribution in [1.29, 1.82) is 0 Å². The van der Waals surface area contributed by atoms with Crippen LogP contribution in [0.15, 0.2) is 28.8 Å². The van der Waals surface area contributed by atoms with Crippen LogP contribution < -0.4 is 5.32 Å². The third-order valence-corrected chi connectivity index (χ3v) is 4.06. The lowest BCUT2D eigenvalue weighted by atomic mass is 10.1. The number of benzene rings is 1. The summed E-state index contributed by atoms with van der Waals surface area (Å²) in [6, 6.07) is 2.98. The molecule has 0 bridgehead atoms. The van der Waals surface area contributed by atoms with Gasteiger partial charge in [-0.25, -0.2) is 4.39 Å². The molecule has 1 unspecified atom stereocenters. The lowest BCUT2D eigenvalue weighted by Gasteiger charge is -2.34.